The van der Waals surface area contributed by atoms with Crippen LogP contribution in [0, 0.1) is 0 Å². The topological polar surface area (TPSA) is 35.5 Å². The summed E-state index contributed by atoms with van der Waals surface area (Å²) < 4.78 is 10.6. The Bertz CT molecular complexity index is 371. The van der Waals surface area contributed by atoms with Gasteiger partial charge in [0.2, 0.25) is 0 Å². The van der Waals surface area contributed by atoms with Gasteiger partial charge in [0.05, 0.1) is 12.7 Å². The Labute approximate surface area is 82.6 Å². The first-order valence-corrected chi connectivity index (χ1v) is 4.57. The van der Waals surface area contributed by atoms with Gasteiger partial charge in [0, 0.05) is 12.0 Å². The lowest BCUT2D eigenvalue weighted by Gasteiger charge is -2.06. The van der Waals surface area contributed by atoms with E-state index < -0.39 is 0 Å². The van der Waals surface area contributed by atoms with Crippen molar-refractivity contribution < 1.29 is 14.3 Å². The molecule has 74 valence electrons. The number of benzene rings is 1. The third-order valence-electron chi connectivity index (χ3n) is 2.36. The van der Waals surface area contributed by atoms with Crippen molar-refractivity contribution in [1.82, 2.24) is 0 Å². The largest absolute Gasteiger partial charge is 0.497 e. The van der Waals surface area contributed by atoms with Crippen LogP contribution in [-0.4, -0.2) is 19.5 Å². The first-order chi connectivity index (χ1) is 6.74. The molecule has 0 N–H and O–H groups in total. The number of carbonyl (C=O) groups is 1. The average Bonchev–Trinajstić information content (AvgIpc) is 2.56. The van der Waals surface area contributed by atoms with Gasteiger partial charge in [-0.1, -0.05) is 0 Å². The Morgan fingerprint density at radius 1 is 1.57 bits per heavy atom. The van der Waals surface area contributed by atoms with Gasteiger partial charge < -0.3 is 9.47 Å². The van der Waals surface area contributed by atoms with Crippen molar-refractivity contribution in [2.24, 2.45) is 0 Å². The van der Waals surface area contributed by atoms with E-state index in [0.717, 1.165) is 18.3 Å². The van der Waals surface area contributed by atoms with Crippen LogP contribution in [0.1, 0.15) is 22.8 Å². The average molecular weight is 192 g/mol. The first kappa shape index (κ1) is 9.06. The van der Waals surface area contributed by atoms with E-state index in [1.807, 2.05) is 13.0 Å². The van der Waals surface area contributed by atoms with Crippen LogP contribution in [0.3, 0.4) is 0 Å². The SMILES string of the molecule is COc1cc(C=O)c2c(c1)C[C@H](C)O2. The zero-order valence-electron chi connectivity index (χ0n) is 8.24. The molecular formula is C11H12O3. The van der Waals surface area contributed by atoms with Crippen LogP contribution in [0.25, 0.3) is 0 Å². The highest BCUT2D eigenvalue weighted by Crippen LogP contribution is 2.35. The van der Waals surface area contributed by atoms with Gasteiger partial charge in [-0.05, 0) is 19.1 Å². The van der Waals surface area contributed by atoms with Gasteiger partial charge in [0.1, 0.15) is 17.6 Å². The summed E-state index contributed by atoms with van der Waals surface area (Å²) in [6.07, 6.45) is 1.79. The van der Waals surface area contributed by atoms with Crippen LogP contribution in [0.2, 0.25) is 0 Å². The van der Waals surface area contributed by atoms with Crippen LogP contribution < -0.4 is 9.47 Å². The summed E-state index contributed by atoms with van der Waals surface area (Å²) in [5.74, 6) is 1.43. The third kappa shape index (κ3) is 1.35. The fourth-order valence-corrected chi connectivity index (χ4v) is 1.74. The molecule has 0 bridgehead atoms. The molecule has 14 heavy (non-hydrogen) atoms. The van der Waals surface area contributed by atoms with E-state index in [9.17, 15) is 4.79 Å². The molecule has 0 fully saturated rings. The summed E-state index contributed by atoms with van der Waals surface area (Å²) in [6, 6.07) is 3.62. The van der Waals surface area contributed by atoms with Crippen LogP contribution in [0.15, 0.2) is 12.1 Å². The summed E-state index contributed by atoms with van der Waals surface area (Å²) >= 11 is 0. The third-order valence-corrected chi connectivity index (χ3v) is 2.36. The van der Waals surface area contributed by atoms with Crippen LogP contribution in [-0.2, 0) is 6.42 Å². The Kier molecular flexibility index (Phi) is 2.15. The summed E-state index contributed by atoms with van der Waals surface area (Å²) in [5.41, 5.74) is 1.63. The second kappa shape index (κ2) is 3.33. The normalized spacial score (nSPS) is 18.6. The van der Waals surface area contributed by atoms with Gasteiger partial charge in [-0.3, -0.25) is 4.79 Å². The van der Waals surface area contributed by atoms with Gasteiger partial charge >= 0.3 is 0 Å². The summed E-state index contributed by atoms with van der Waals surface area (Å²) in [5, 5.41) is 0. The Hall–Kier alpha value is -1.51. The molecule has 0 aromatic heterocycles. The molecule has 0 unspecified atom stereocenters. The van der Waals surface area contributed by atoms with Crippen molar-refractivity contribution in [3.05, 3.63) is 23.3 Å². The van der Waals surface area contributed by atoms with Gasteiger partial charge in [0.25, 0.3) is 0 Å². The van der Waals surface area contributed by atoms with E-state index in [-0.39, 0.29) is 6.10 Å². The van der Waals surface area contributed by atoms with Crippen molar-refractivity contribution in [1.29, 1.82) is 0 Å². The Balaban J connectivity index is 2.51. The van der Waals surface area contributed by atoms with E-state index >= 15 is 0 Å². The predicted molar refractivity (Wildman–Crippen MR) is 52.2 cm³/mol. The van der Waals surface area contributed by atoms with Gasteiger partial charge in [-0.2, -0.15) is 0 Å². The summed E-state index contributed by atoms with van der Waals surface area (Å²) in [7, 11) is 1.59. The quantitative estimate of drug-likeness (QED) is 0.670. The minimum atomic E-state index is 0.149. The molecule has 2 rings (SSSR count). The fraction of sp³-hybridized carbons (Fsp3) is 0.364. The molecule has 0 radical (unpaired) electrons. The highest BCUT2D eigenvalue weighted by atomic mass is 16.5. The second-order valence-corrected chi connectivity index (χ2v) is 3.46. The lowest BCUT2D eigenvalue weighted by atomic mass is 10.1. The maximum atomic E-state index is 10.8. The lowest BCUT2D eigenvalue weighted by Crippen LogP contribution is -2.05. The predicted octanol–water partition coefficient (Wildman–Crippen LogP) is 1.83. The number of rotatable bonds is 2. The molecule has 1 atom stereocenters. The van der Waals surface area contributed by atoms with Gasteiger partial charge in [0.15, 0.2) is 6.29 Å². The second-order valence-electron chi connectivity index (χ2n) is 3.46. The number of fused-ring (bicyclic) bond motifs is 1. The Morgan fingerprint density at radius 2 is 2.36 bits per heavy atom. The van der Waals surface area contributed by atoms with E-state index in [1.165, 1.54) is 0 Å². The smallest absolute Gasteiger partial charge is 0.153 e. The molecule has 1 aliphatic heterocycles. The van der Waals surface area contributed by atoms with Crippen molar-refractivity contribution in [3.8, 4) is 11.5 Å². The number of carbonyl (C=O) groups excluding carboxylic acids is 1. The van der Waals surface area contributed by atoms with Crippen molar-refractivity contribution >= 4 is 6.29 Å². The maximum absolute atomic E-state index is 10.8. The minimum absolute atomic E-state index is 0.149. The fourth-order valence-electron chi connectivity index (χ4n) is 1.74. The molecule has 0 aliphatic carbocycles. The maximum Gasteiger partial charge on any atom is 0.153 e. The van der Waals surface area contributed by atoms with E-state index in [1.54, 1.807) is 13.2 Å². The van der Waals surface area contributed by atoms with Crippen molar-refractivity contribution in [3.63, 3.8) is 0 Å². The highest BCUT2D eigenvalue weighted by Gasteiger charge is 2.22. The molecule has 0 saturated carbocycles. The van der Waals surface area contributed by atoms with E-state index in [0.29, 0.717) is 17.1 Å². The van der Waals surface area contributed by atoms with Crippen LogP contribution in [0.4, 0.5) is 0 Å². The molecule has 0 amide bonds. The minimum Gasteiger partial charge on any atom is -0.497 e. The van der Waals surface area contributed by atoms with Crippen LogP contribution >= 0.6 is 0 Å². The first-order valence-electron chi connectivity index (χ1n) is 4.57. The number of aldehydes is 1. The highest BCUT2D eigenvalue weighted by molar-refractivity contribution is 5.81. The zero-order chi connectivity index (χ0) is 10.1. The Morgan fingerprint density at radius 3 is 3.00 bits per heavy atom. The molecule has 0 spiro atoms. The lowest BCUT2D eigenvalue weighted by molar-refractivity contribution is 0.111. The van der Waals surface area contributed by atoms with Crippen molar-refractivity contribution in [2.75, 3.05) is 7.11 Å². The van der Waals surface area contributed by atoms with Gasteiger partial charge in [-0.25, -0.2) is 0 Å². The van der Waals surface area contributed by atoms with E-state index in [4.69, 9.17) is 9.47 Å². The van der Waals surface area contributed by atoms with E-state index in [2.05, 4.69) is 0 Å². The van der Waals surface area contributed by atoms with Crippen molar-refractivity contribution in [2.45, 2.75) is 19.4 Å². The standard InChI is InChI=1S/C11H12O3/c1-7-3-8-4-10(13-2)5-9(6-12)11(8)14-7/h4-7H,3H2,1-2H3/t7-/m0/s1. The molecule has 3 heteroatoms. The summed E-state index contributed by atoms with van der Waals surface area (Å²) in [6.45, 7) is 1.99. The number of methoxy groups -OCH3 is 1. The van der Waals surface area contributed by atoms with Crippen LogP contribution in [0.5, 0.6) is 11.5 Å². The van der Waals surface area contributed by atoms with Gasteiger partial charge in [-0.15, -0.1) is 0 Å². The molecule has 1 heterocycles. The summed E-state index contributed by atoms with van der Waals surface area (Å²) in [4.78, 5) is 10.8. The number of ether oxygens (including phenoxy) is 2. The molecule has 0 saturated heterocycles. The number of hydrogen-bond acceptors (Lipinski definition) is 3. The monoisotopic (exact) mass is 192 g/mol. The molecule has 1 aromatic rings. The number of hydrogen-bond donors (Lipinski definition) is 0. The molecular weight excluding hydrogens is 180 g/mol. The molecule has 1 aromatic carbocycles. The molecule has 1 aliphatic rings. The zero-order valence-corrected chi connectivity index (χ0v) is 8.24. The molecule has 3 nitrogen and oxygen atoms in total.